The molecular formula is C11H20O3. The second kappa shape index (κ2) is 4.89. The number of carbonyl (C=O) groups is 1. The highest BCUT2D eigenvalue weighted by atomic mass is 16.5. The van der Waals surface area contributed by atoms with Gasteiger partial charge in [0.15, 0.2) is 5.78 Å². The third-order valence-corrected chi connectivity index (χ3v) is 2.69. The van der Waals surface area contributed by atoms with Gasteiger partial charge in [0.25, 0.3) is 0 Å². The zero-order chi connectivity index (χ0) is 10.6. The van der Waals surface area contributed by atoms with Crippen molar-refractivity contribution >= 4 is 5.78 Å². The minimum atomic E-state index is -0.554. The van der Waals surface area contributed by atoms with Crippen molar-refractivity contribution in [2.24, 2.45) is 5.92 Å². The van der Waals surface area contributed by atoms with Gasteiger partial charge in [-0.25, -0.2) is 0 Å². The molecule has 1 fully saturated rings. The molecule has 1 saturated heterocycles. The van der Waals surface area contributed by atoms with Crippen LogP contribution in [-0.4, -0.2) is 31.2 Å². The second-order valence-corrected chi connectivity index (χ2v) is 4.06. The van der Waals surface area contributed by atoms with E-state index in [0.29, 0.717) is 32.7 Å². The van der Waals surface area contributed by atoms with E-state index in [1.54, 1.807) is 0 Å². The summed E-state index contributed by atoms with van der Waals surface area (Å²) in [6.07, 6.45) is 1.41. The zero-order valence-electron chi connectivity index (χ0n) is 9.34. The highest BCUT2D eigenvalue weighted by Crippen LogP contribution is 2.28. The van der Waals surface area contributed by atoms with Gasteiger partial charge in [-0.05, 0) is 6.92 Å². The smallest absolute Gasteiger partial charge is 0.167 e. The van der Waals surface area contributed by atoms with Crippen LogP contribution in [0.5, 0.6) is 0 Å². The highest BCUT2D eigenvalue weighted by Gasteiger charge is 2.41. The molecule has 0 N–H and O–H groups in total. The Kier molecular flexibility index (Phi) is 4.08. The Balaban J connectivity index is 2.74. The van der Waals surface area contributed by atoms with E-state index in [4.69, 9.17) is 9.47 Å². The number of carbonyl (C=O) groups excluding carboxylic acids is 1. The van der Waals surface area contributed by atoms with E-state index in [0.717, 1.165) is 0 Å². The van der Waals surface area contributed by atoms with E-state index in [-0.39, 0.29) is 11.7 Å². The van der Waals surface area contributed by atoms with E-state index in [1.165, 1.54) is 0 Å². The van der Waals surface area contributed by atoms with Crippen molar-refractivity contribution in [3.05, 3.63) is 0 Å². The van der Waals surface area contributed by atoms with Gasteiger partial charge >= 0.3 is 0 Å². The lowest BCUT2D eigenvalue weighted by atomic mass is 9.84. The maximum atomic E-state index is 12.0. The van der Waals surface area contributed by atoms with E-state index >= 15 is 0 Å². The fourth-order valence-electron chi connectivity index (χ4n) is 1.97. The summed E-state index contributed by atoms with van der Waals surface area (Å²) in [4.78, 5) is 12.0. The predicted molar refractivity (Wildman–Crippen MR) is 54.3 cm³/mol. The summed E-state index contributed by atoms with van der Waals surface area (Å²) in [5, 5.41) is 0. The molecule has 0 unspecified atom stereocenters. The Bertz CT molecular complexity index is 187. The van der Waals surface area contributed by atoms with E-state index in [1.807, 2.05) is 20.8 Å². The summed E-state index contributed by atoms with van der Waals surface area (Å²) >= 11 is 0. The average Bonchev–Trinajstić information content (AvgIpc) is 2.18. The van der Waals surface area contributed by atoms with Crippen molar-refractivity contribution in [3.8, 4) is 0 Å². The number of Topliss-reactive ketones (excluding diaryl/α,β-unsaturated/α-hetero) is 1. The van der Waals surface area contributed by atoms with Crippen LogP contribution >= 0.6 is 0 Å². The lowest BCUT2D eigenvalue weighted by Crippen LogP contribution is -2.48. The van der Waals surface area contributed by atoms with Crippen LogP contribution in [0.1, 0.15) is 33.6 Å². The third kappa shape index (κ3) is 2.34. The van der Waals surface area contributed by atoms with Crippen LogP contribution in [0, 0.1) is 5.92 Å². The second-order valence-electron chi connectivity index (χ2n) is 4.06. The Hall–Kier alpha value is -0.410. The normalized spacial score (nSPS) is 21.1. The number of hydrogen-bond acceptors (Lipinski definition) is 3. The molecule has 0 amide bonds. The molecule has 0 aliphatic carbocycles. The van der Waals surface area contributed by atoms with Crippen molar-refractivity contribution < 1.29 is 14.3 Å². The van der Waals surface area contributed by atoms with E-state index in [9.17, 15) is 4.79 Å². The molecule has 3 nitrogen and oxygen atoms in total. The molecule has 1 rings (SSSR count). The van der Waals surface area contributed by atoms with E-state index < -0.39 is 5.60 Å². The molecule has 1 aliphatic rings. The summed E-state index contributed by atoms with van der Waals surface area (Å²) in [5.41, 5.74) is -0.554. The Morgan fingerprint density at radius 2 is 2.00 bits per heavy atom. The zero-order valence-corrected chi connectivity index (χ0v) is 9.34. The number of ketones is 1. The number of ether oxygens (including phenoxy) is 2. The van der Waals surface area contributed by atoms with Gasteiger partial charge in [-0.2, -0.15) is 0 Å². The van der Waals surface area contributed by atoms with Gasteiger partial charge in [0, 0.05) is 38.6 Å². The van der Waals surface area contributed by atoms with Gasteiger partial charge in [-0.1, -0.05) is 13.8 Å². The Labute approximate surface area is 85.8 Å². The summed E-state index contributed by atoms with van der Waals surface area (Å²) < 4.78 is 10.9. The first-order chi connectivity index (χ1) is 6.62. The third-order valence-electron chi connectivity index (χ3n) is 2.69. The maximum absolute atomic E-state index is 12.0. The summed E-state index contributed by atoms with van der Waals surface area (Å²) in [6, 6.07) is 0. The Morgan fingerprint density at radius 3 is 2.43 bits per heavy atom. The average molecular weight is 200 g/mol. The van der Waals surface area contributed by atoms with Crippen LogP contribution in [-0.2, 0) is 14.3 Å². The summed E-state index contributed by atoms with van der Waals surface area (Å²) in [5.74, 6) is 0.266. The topological polar surface area (TPSA) is 35.5 Å². The monoisotopic (exact) mass is 200 g/mol. The molecule has 0 saturated carbocycles. The molecule has 0 aromatic heterocycles. The van der Waals surface area contributed by atoms with Crippen LogP contribution in [0.25, 0.3) is 0 Å². The van der Waals surface area contributed by atoms with Crippen molar-refractivity contribution in [2.75, 3.05) is 19.8 Å². The first kappa shape index (κ1) is 11.7. The quantitative estimate of drug-likeness (QED) is 0.694. The molecule has 82 valence electrons. The summed E-state index contributed by atoms with van der Waals surface area (Å²) in [6.45, 7) is 7.66. The minimum absolute atomic E-state index is 0.0413. The largest absolute Gasteiger partial charge is 0.381 e. The fraction of sp³-hybridized carbons (Fsp3) is 0.909. The van der Waals surface area contributed by atoms with Gasteiger partial charge in [0.2, 0.25) is 0 Å². The van der Waals surface area contributed by atoms with Crippen LogP contribution in [0.15, 0.2) is 0 Å². The van der Waals surface area contributed by atoms with Gasteiger partial charge < -0.3 is 9.47 Å². The summed E-state index contributed by atoms with van der Waals surface area (Å²) in [7, 11) is 0. The fourth-order valence-corrected chi connectivity index (χ4v) is 1.97. The molecule has 1 heterocycles. The molecule has 0 radical (unpaired) electrons. The molecule has 0 bridgehead atoms. The van der Waals surface area contributed by atoms with Crippen LogP contribution in [0.4, 0.5) is 0 Å². The molecular weight excluding hydrogens is 180 g/mol. The lowest BCUT2D eigenvalue weighted by Gasteiger charge is -2.36. The highest BCUT2D eigenvalue weighted by molar-refractivity contribution is 5.89. The first-order valence-corrected chi connectivity index (χ1v) is 5.38. The predicted octanol–water partition coefficient (Wildman–Crippen LogP) is 1.80. The van der Waals surface area contributed by atoms with Crippen molar-refractivity contribution in [3.63, 3.8) is 0 Å². The van der Waals surface area contributed by atoms with Gasteiger partial charge in [0.05, 0.1) is 0 Å². The lowest BCUT2D eigenvalue weighted by molar-refractivity contribution is -0.160. The van der Waals surface area contributed by atoms with Crippen LogP contribution < -0.4 is 0 Å². The minimum Gasteiger partial charge on any atom is -0.381 e. The SMILES string of the molecule is CCOC1(C(=O)C(C)C)CCOCC1. The first-order valence-electron chi connectivity index (χ1n) is 5.38. The maximum Gasteiger partial charge on any atom is 0.167 e. The molecule has 3 heteroatoms. The van der Waals surface area contributed by atoms with E-state index in [2.05, 4.69) is 0 Å². The van der Waals surface area contributed by atoms with Crippen molar-refractivity contribution in [2.45, 2.75) is 39.2 Å². The number of rotatable bonds is 4. The number of hydrogen-bond donors (Lipinski definition) is 0. The molecule has 0 atom stereocenters. The molecule has 1 aliphatic heterocycles. The van der Waals surface area contributed by atoms with Crippen molar-refractivity contribution in [1.82, 2.24) is 0 Å². The van der Waals surface area contributed by atoms with Gasteiger partial charge in [-0.3, -0.25) is 4.79 Å². The van der Waals surface area contributed by atoms with Crippen molar-refractivity contribution in [1.29, 1.82) is 0 Å². The van der Waals surface area contributed by atoms with Crippen LogP contribution in [0.3, 0.4) is 0 Å². The standard InChI is InChI=1S/C11H20O3/c1-4-14-11(10(12)9(2)3)5-7-13-8-6-11/h9H,4-8H2,1-3H3. The van der Waals surface area contributed by atoms with Gasteiger partial charge in [0.1, 0.15) is 5.60 Å². The molecule has 14 heavy (non-hydrogen) atoms. The Morgan fingerprint density at radius 1 is 1.43 bits per heavy atom. The molecule has 0 aromatic rings. The molecule has 0 aromatic carbocycles. The molecule has 0 spiro atoms. The van der Waals surface area contributed by atoms with Gasteiger partial charge in [-0.15, -0.1) is 0 Å². The van der Waals surface area contributed by atoms with Crippen LogP contribution in [0.2, 0.25) is 0 Å².